The zero-order chi connectivity index (χ0) is 12.7. The first kappa shape index (κ1) is 10.8. The van der Waals surface area contributed by atoms with Crippen molar-refractivity contribution in [3.63, 3.8) is 0 Å². The summed E-state index contributed by atoms with van der Waals surface area (Å²) in [5.41, 5.74) is -0.325. The Labute approximate surface area is 102 Å². The van der Waals surface area contributed by atoms with Crippen LogP contribution in [-0.4, -0.2) is 9.36 Å². The molecule has 0 saturated heterocycles. The Morgan fingerprint density at radius 3 is 2.56 bits per heavy atom. The number of hydrogen-bond acceptors (Lipinski definition) is 3. The van der Waals surface area contributed by atoms with E-state index >= 15 is 0 Å². The van der Waals surface area contributed by atoms with Crippen LogP contribution in [0.5, 0.6) is 0 Å². The van der Waals surface area contributed by atoms with E-state index in [1.807, 2.05) is 0 Å². The molecule has 0 N–H and O–H groups in total. The van der Waals surface area contributed by atoms with Gasteiger partial charge in [0.25, 0.3) is 11.1 Å². The number of aromatic nitrogens is 2. The topological polar surface area (TPSA) is 67.8 Å². The molecule has 0 spiro atoms. The van der Waals surface area contributed by atoms with Crippen molar-refractivity contribution in [3.05, 3.63) is 45.0 Å². The van der Waals surface area contributed by atoms with E-state index in [4.69, 9.17) is 5.26 Å². The molecule has 1 atom stereocenters. The highest BCUT2D eigenvalue weighted by atomic mass is 16.2. The second-order valence-electron chi connectivity index (χ2n) is 4.43. The molecule has 1 aliphatic rings. The maximum atomic E-state index is 12.4. The van der Waals surface area contributed by atoms with Crippen LogP contribution in [0.1, 0.15) is 18.9 Å². The molecule has 1 unspecified atom stereocenters. The van der Waals surface area contributed by atoms with Crippen molar-refractivity contribution in [2.24, 2.45) is 0 Å². The Morgan fingerprint density at radius 1 is 1.22 bits per heavy atom. The van der Waals surface area contributed by atoms with Gasteiger partial charge in [0, 0.05) is 6.54 Å². The Kier molecular flexibility index (Phi) is 2.30. The third-order valence-electron chi connectivity index (χ3n) is 3.44. The number of benzene rings is 1. The standard InChI is InChI=1S/C13H11N3O2/c14-7-5-9-6-8-15-12(17)10-3-1-2-4-11(10)13(18)16(9)15/h1-4,9H,5-6,8H2. The van der Waals surface area contributed by atoms with Crippen LogP contribution in [0.3, 0.4) is 0 Å². The van der Waals surface area contributed by atoms with Gasteiger partial charge in [0.2, 0.25) is 0 Å². The van der Waals surface area contributed by atoms with E-state index < -0.39 is 0 Å². The van der Waals surface area contributed by atoms with Crippen molar-refractivity contribution in [1.29, 1.82) is 5.26 Å². The van der Waals surface area contributed by atoms with Gasteiger partial charge in [-0.2, -0.15) is 5.26 Å². The number of nitriles is 1. The highest BCUT2D eigenvalue weighted by molar-refractivity contribution is 5.80. The van der Waals surface area contributed by atoms with Crippen LogP contribution in [0.15, 0.2) is 33.9 Å². The highest BCUT2D eigenvalue weighted by Crippen LogP contribution is 2.21. The summed E-state index contributed by atoms with van der Waals surface area (Å²) in [5, 5.41) is 9.66. The zero-order valence-corrected chi connectivity index (χ0v) is 9.67. The fourth-order valence-electron chi connectivity index (χ4n) is 2.59. The molecule has 0 aliphatic carbocycles. The minimum Gasteiger partial charge on any atom is -0.267 e. The zero-order valence-electron chi connectivity index (χ0n) is 9.67. The fourth-order valence-corrected chi connectivity index (χ4v) is 2.59. The molecule has 90 valence electrons. The van der Waals surface area contributed by atoms with Crippen molar-refractivity contribution in [3.8, 4) is 6.07 Å². The van der Waals surface area contributed by atoms with Crippen LogP contribution < -0.4 is 11.1 Å². The summed E-state index contributed by atoms with van der Waals surface area (Å²) in [6.45, 7) is 0.505. The molecule has 5 nitrogen and oxygen atoms in total. The summed E-state index contributed by atoms with van der Waals surface area (Å²) in [5.74, 6) is 0. The van der Waals surface area contributed by atoms with Crippen LogP contribution in [-0.2, 0) is 6.54 Å². The molecule has 3 rings (SSSR count). The smallest absolute Gasteiger partial charge is 0.267 e. The predicted molar refractivity (Wildman–Crippen MR) is 66.4 cm³/mol. The molecule has 0 bridgehead atoms. The van der Waals surface area contributed by atoms with Crippen molar-refractivity contribution < 1.29 is 0 Å². The average molecular weight is 241 g/mol. The molecular weight excluding hydrogens is 230 g/mol. The van der Waals surface area contributed by atoms with Gasteiger partial charge in [-0.3, -0.25) is 9.59 Å². The van der Waals surface area contributed by atoms with Gasteiger partial charge >= 0.3 is 0 Å². The lowest BCUT2D eigenvalue weighted by atomic mass is 10.1. The quantitative estimate of drug-likeness (QED) is 0.748. The van der Waals surface area contributed by atoms with Crippen LogP contribution >= 0.6 is 0 Å². The summed E-state index contributed by atoms with van der Waals surface area (Å²) >= 11 is 0. The first-order valence-electron chi connectivity index (χ1n) is 5.85. The maximum Gasteiger partial charge on any atom is 0.273 e. The van der Waals surface area contributed by atoms with E-state index in [2.05, 4.69) is 6.07 Å². The number of hydrogen-bond donors (Lipinski definition) is 0. The van der Waals surface area contributed by atoms with Gasteiger partial charge in [-0.05, 0) is 18.6 Å². The molecule has 0 radical (unpaired) electrons. The highest BCUT2D eigenvalue weighted by Gasteiger charge is 2.25. The summed E-state index contributed by atoms with van der Waals surface area (Å²) in [4.78, 5) is 24.6. The SMILES string of the molecule is N#CCC1CCn2c(=O)c3ccccc3c(=O)n21. The van der Waals surface area contributed by atoms with Gasteiger partial charge in [0.05, 0.1) is 29.3 Å². The van der Waals surface area contributed by atoms with Gasteiger partial charge in [0.15, 0.2) is 0 Å². The van der Waals surface area contributed by atoms with Crippen LogP contribution in [0.25, 0.3) is 10.8 Å². The molecule has 2 aromatic rings. The molecule has 0 fully saturated rings. The molecule has 1 aromatic heterocycles. The second kappa shape index (κ2) is 3.84. The lowest BCUT2D eigenvalue weighted by molar-refractivity contribution is 0.468. The first-order chi connectivity index (χ1) is 8.74. The summed E-state index contributed by atoms with van der Waals surface area (Å²) in [7, 11) is 0. The Balaban J connectivity index is 2.42. The predicted octanol–water partition coefficient (Wildman–Crippen LogP) is 1.02. The Hall–Kier alpha value is -2.35. The molecular formula is C13H11N3O2. The monoisotopic (exact) mass is 241 g/mol. The van der Waals surface area contributed by atoms with E-state index in [0.717, 1.165) is 0 Å². The Bertz CT molecular complexity index is 779. The van der Waals surface area contributed by atoms with Crippen molar-refractivity contribution in [1.82, 2.24) is 9.36 Å². The fraction of sp³-hybridized carbons (Fsp3) is 0.308. The minimum absolute atomic E-state index is 0.148. The summed E-state index contributed by atoms with van der Waals surface area (Å²) in [6, 6.07) is 8.72. The summed E-state index contributed by atoms with van der Waals surface area (Å²) in [6.07, 6.45) is 0.927. The third kappa shape index (κ3) is 1.32. The summed E-state index contributed by atoms with van der Waals surface area (Å²) < 4.78 is 2.92. The van der Waals surface area contributed by atoms with Gasteiger partial charge in [-0.25, -0.2) is 9.36 Å². The van der Waals surface area contributed by atoms with E-state index in [1.165, 1.54) is 9.36 Å². The normalized spacial score (nSPS) is 17.6. The van der Waals surface area contributed by atoms with Crippen LogP contribution in [0.4, 0.5) is 0 Å². The lowest BCUT2D eigenvalue weighted by Crippen LogP contribution is -2.35. The molecule has 5 heteroatoms. The molecule has 1 aliphatic heterocycles. The number of nitrogens with zero attached hydrogens (tertiary/aromatic N) is 3. The van der Waals surface area contributed by atoms with Gasteiger partial charge in [-0.1, -0.05) is 12.1 Å². The number of rotatable bonds is 1. The minimum atomic E-state index is -0.181. The third-order valence-corrected chi connectivity index (χ3v) is 3.44. The second-order valence-corrected chi connectivity index (χ2v) is 4.43. The Morgan fingerprint density at radius 2 is 1.89 bits per heavy atom. The maximum absolute atomic E-state index is 12.4. The largest absolute Gasteiger partial charge is 0.273 e. The molecule has 2 heterocycles. The van der Waals surface area contributed by atoms with Gasteiger partial charge in [0.1, 0.15) is 0 Å². The van der Waals surface area contributed by atoms with Crippen molar-refractivity contribution in [2.45, 2.75) is 25.4 Å². The molecule has 18 heavy (non-hydrogen) atoms. The van der Waals surface area contributed by atoms with Gasteiger partial charge in [-0.15, -0.1) is 0 Å². The average Bonchev–Trinajstić information content (AvgIpc) is 2.81. The first-order valence-corrected chi connectivity index (χ1v) is 5.85. The van der Waals surface area contributed by atoms with Crippen molar-refractivity contribution >= 4 is 10.8 Å². The van der Waals surface area contributed by atoms with E-state index in [-0.39, 0.29) is 23.6 Å². The van der Waals surface area contributed by atoms with E-state index in [1.54, 1.807) is 24.3 Å². The molecule has 1 aromatic carbocycles. The molecule has 0 amide bonds. The van der Waals surface area contributed by atoms with E-state index in [0.29, 0.717) is 23.7 Å². The lowest BCUT2D eigenvalue weighted by Gasteiger charge is -2.12. The number of fused-ring (bicyclic) bond motifs is 2. The van der Waals surface area contributed by atoms with E-state index in [9.17, 15) is 9.59 Å². The van der Waals surface area contributed by atoms with Gasteiger partial charge < -0.3 is 0 Å². The van der Waals surface area contributed by atoms with Crippen LogP contribution in [0.2, 0.25) is 0 Å². The van der Waals surface area contributed by atoms with Crippen molar-refractivity contribution in [2.75, 3.05) is 0 Å². The molecule has 0 saturated carbocycles. The van der Waals surface area contributed by atoms with Crippen LogP contribution in [0, 0.1) is 11.3 Å².